The van der Waals surface area contributed by atoms with Gasteiger partial charge in [0.25, 0.3) is 6.36 Å². The Morgan fingerprint density at radius 3 is 2.74 bits per heavy atom. The van der Waals surface area contributed by atoms with Crippen LogP contribution in [0.2, 0.25) is 0 Å². The first-order chi connectivity index (χ1) is 18.8. The van der Waals surface area contributed by atoms with Crippen LogP contribution in [0.4, 0.5) is 8.78 Å². The van der Waals surface area contributed by atoms with Crippen LogP contribution in [-0.4, -0.2) is 74.7 Å². The minimum atomic E-state index is -1.85. The second-order valence-electron chi connectivity index (χ2n) is 10.6. The van der Waals surface area contributed by atoms with Gasteiger partial charge in [0, 0.05) is 44.1 Å². The molecule has 4 aromatic rings. The number of aldehydes is 1. The number of carbonyl (C=O) groups excluding carboxylic acids is 1. The minimum absolute atomic E-state index is 0.355. The van der Waals surface area contributed by atoms with Gasteiger partial charge in [0.2, 0.25) is 0 Å². The van der Waals surface area contributed by atoms with Crippen molar-refractivity contribution in [2.45, 2.75) is 51.6 Å². The number of para-hydroxylation sites is 1. The van der Waals surface area contributed by atoms with Gasteiger partial charge in [0.05, 0.1) is 23.6 Å². The van der Waals surface area contributed by atoms with E-state index in [0.717, 1.165) is 42.3 Å². The van der Waals surface area contributed by atoms with E-state index in [4.69, 9.17) is 14.7 Å². The largest absolute Gasteiger partial charge is 0.455 e. The number of halogens is 2. The molecule has 1 aromatic carbocycles. The molecule has 1 N–H and O–H groups in total. The number of hydrogen-bond acceptors (Lipinski definition) is 6. The van der Waals surface area contributed by atoms with Crippen molar-refractivity contribution in [1.29, 1.82) is 0 Å². The topological polar surface area (TPSA) is 85.4 Å². The van der Waals surface area contributed by atoms with Crippen LogP contribution in [0.3, 0.4) is 0 Å². The lowest BCUT2D eigenvalue weighted by Crippen LogP contribution is -2.24. The Kier molecular flexibility index (Phi) is 7.95. The lowest BCUT2D eigenvalue weighted by molar-refractivity contribution is -0.0365. The average Bonchev–Trinajstić information content (AvgIpc) is 3.59. The summed E-state index contributed by atoms with van der Waals surface area (Å²) >= 11 is 0. The number of ether oxygens (including phenoxy) is 1. The number of imidazole rings is 1. The van der Waals surface area contributed by atoms with Gasteiger partial charge in [-0.1, -0.05) is 12.1 Å². The zero-order chi connectivity index (χ0) is 27.7. The highest BCUT2D eigenvalue weighted by atomic mass is 19.1. The van der Waals surface area contributed by atoms with Crippen LogP contribution in [0.1, 0.15) is 42.2 Å². The maximum absolute atomic E-state index is 14.4. The fourth-order valence-electron chi connectivity index (χ4n) is 4.97. The first-order valence-electron chi connectivity index (χ1n) is 13.5. The van der Waals surface area contributed by atoms with E-state index < -0.39 is 12.5 Å². The third kappa shape index (κ3) is 5.67. The summed E-state index contributed by atoms with van der Waals surface area (Å²) in [4.78, 5) is 23.7. The van der Waals surface area contributed by atoms with Gasteiger partial charge < -0.3 is 23.9 Å². The van der Waals surface area contributed by atoms with Gasteiger partial charge in [0.15, 0.2) is 17.8 Å². The van der Waals surface area contributed by atoms with Gasteiger partial charge in [0.1, 0.15) is 17.4 Å². The molecule has 0 aliphatic heterocycles. The predicted octanol–water partition coefficient (Wildman–Crippen LogP) is 4.70. The Labute approximate surface area is 226 Å². The number of pyridine rings is 1. The van der Waals surface area contributed by atoms with Crippen molar-refractivity contribution < 1.29 is 23.4 Å². The van der Waals surface area contributed by atoms with E-state index in [2.05, 4.69) is 4.57 Å². The number of carbonyl (C=O) groups is 1. The van der Waals surface area contributed by atoms with Crippen LogP contribution in [0.15, 0.2) is 30.3 Å². The number of fused-ring (bicyclic) bond motifs is 2. The lowest BCUT2D eigenvalue weighted by atomic mass is 10.1. The number of rotatable bonds is 13. The highest BCUT2D eigenvalue weighted by molar-refractivity contribution is 5.92. The van der Waals surface area contributed by atoms with Gasteiger partial charge in [-0.15, -0.1) is 0 Å². The van der Waals surface area contributed by atoms with E-state index in [9.17, 15) is 18.7 Å². The van der Waals surface area contributed by atoms with Crippen LogP contribution in [-0.2, 0) is 20.0 Å². The number of benzene rings is 1. The van der Waals surface area contributed by atoms with E-state index in [0.29, 0.717) is 65.8 Å². The number of likely N-dealkylation sites (N-methyl/N-ethyl adjacent to an activating group) is 1. The quantitative estimate of drug-likeness (QED) is 0.248. The van der Waals surface area contributed by atoms with Gasteiger partial charge in [-0.3, -0.25) is 9.18 Å². The number of aromatic nitrogens is 4. The number of aryl methyl sites for hydroxylation is 1. The van der Waals surface area contributed by atoms with Crippen molar-refractivity contribution >= 4 is 28.4 Å². The summed E-state index contributed by atoms with van der Waals surface area (Å²) in [5.74, 6) is 1.56. The molecule has 1 aliphatic rings. The molecule has 208 valence electrons. The second kappa shape index (κ2) is 11.4. The summed E-state index contributed by atoms with van der Waals surface area (Å²) in [6, 6.07) is 9.26. The van der Waals surface area contributed by atoms with E-state index in [1.807, 2.05) is 35.7 Å². The summed E-state index contributed by atoms with van der Waals surface area (Å²) < 4.78 is 36.5. The normalized spacial score (nSPS) is 15.4. The molecular weight excluding hydrogens is 504 g/mol. The zero-order valence-corrected chi connectivity index (χ0v) is 22.6. The molecule has 1 aliphatic carbocycles. The summed E-state index contributed by atoms with van der Waals surface area (Å²) in [5, 5.41) is 10.6. The summed E-state index contributed by atoms with van der Waals surface area (Å²) in [7, 11) is 3.83. The van der Waals surface area contributed by atoms with Crippen LogP contribution < -0.4 is 4.74 Å². The average molecular weight is 540 g/mol. The van der Waals surface area contributed by atoms with Crippen molar-refractivity contribution in [3.05, 3.63) is 41.6 Å². The molecule has 1 saturated carbocycles. The third-order valence-corrected chi connectivity index (χ3v) is 7.36. The van der Waals surface area contributed by atoms with E-state index in [1.165, 1.54) is 6.92 Å². The highest BCUT2D eigenvalue weighted by Crippen LogP contribution is 2.39. The third-order valence-electron chi connectivity index (χ3n) is 7.36. The second-order valence-corrected chi connectivity index (χ2v) is 10.6. The molecular formula is C29H35F2N5O3. The number of nitrogens with zero attached hydrogens (tertiary/aromatic N) is 5. The molecule has 2 unspecified atom stereocenters. The van der Waals surface area contributed by atoms with E-state index >= 15 is 0 Å². The Bertz CT molecular complexity index is 1480. The molecule has 39 heavy (non-hydrogen) atoms. The van der Waals surface area contributed by atoms with E-state index in [-0.39, 0.29) is 6.67 Å². The SMILES string of the molecule is CC(O)C(F)Oc1cccc2cc(-c3nc4cc(C=O)c(CCN(C)CCCF)nc4n3C)n(CC3CC3)c12. The molecule has 0 spiro atoms. The maximum Gasteiger partial charge on any atom is 0.263 e. The number of hydrogen-bond donors (Lipinski definition) is 1. The Morgan fingerprint density at radius 1 is 1.26 bits per heavy atom. The number of aliphatic hydroxyl groups excluding tert-OH is 1. The smallest absolute Gasteiger partial charge is 0.263 e. The fraction of sp³-hybridized carbons (Fsp3) is 0.483. The molecule has 0 bridgehead atoms. The maximum atomic E-state index is 14.4. The Balaban J connectivity index is 1.57. The molecule has 0 amide bonds. The van der Waals surface area contributed by atoms with Crippen molar-refractivity contribution in [3.8, 4) is 17.3 Å². The van der Waals surface area contributed by atoms with Crippen LogP contribution in [0.5, 0.6) is 5.75 Å². The van der Waals surface area contributed by atoms with Crippen molar-refractivity contribution in [2.75, 3.05) is 26.8 Å². The predicted molar refractivity (Wildman–Crippen MR) is 147 cm³/mol. The summed E-state index contributed by atoms with van der Waals surface area (Å²) in [5.41, 5.74) is 4.05. The van der Waals surface area contributed by atoms with Gasteiger partial charge in [-0.2, -0.15) is 4.39 Å². The monoisotopic (exact) mass is 539 g/mol. The number of aliphatic hydroxyl groups is 1. The van der Waals surface area contributed by atoms with Crippen molar-refractivity contribution in [1.82, 2.24) is 24.0 Å². The van der Waals surface area contributed by atoms with Crippen LogP contribution in [0.25, 0.3) is 33.6 Å². The fourth-order valence-corrected chi connectivity index (χ4v) is 4.97. The molecule has 8 nitrogen and oxygen atoms in total. The van der Waals surface area contributed by atoms with Crippen molar-refractivity contribution in [3.63, 3.8) is 0 Å². The van der Waals surface area contributed by atoms with Gasteiger partial charge in [-0.05, 0) is 57.4 Å². The molecule has 0 radical (unpaired) electrons. The molecule has 10 heteroatoms. The molecule has 1 fully saturated rings. The summed E-state index contributed by atoms with van der Waals surface area (Å²) in [6.45, 7) is 3.03. The molecule has 5 rings (SSSR count). The van der Waals surface area contributed by atoms with E-state index in [1.54, 1.807) is 18.2 Å². The standard InChI is InChI=1S/C29H35F2N5O3/c1-18(38)27(31)39-25-7-4-6-20-15-24(36(26(20)25)16-19-8-9-19)29-33-23-14-21(17-37)22(32-28(23)35(29)3)10-13-34(2)12-5-11-30/h4,6-7,14-15,17-19,27,38H,5,8-13,16H2,1-3H3. The van der Waals surface area contributed by atoms with Crippen LogP contribution >= 0.6 is 0 Å². The lowest BCUT2D eigenvalue weighted by Gasteiger charge is -2.17. The summed E-state index contributed by atoms with van der Waals surface area (Å²) in [6.07, 6.45) is 0.974. The minimum Gasteiger partial charge on any atom is -0.455 e. The molecule has 0 saturated heterocycles. The first-order valence-corrected chi connectivity index (χ1v) is 13.5. The zero-order valence-electron chi connectivity index (χ0n) is 22.6. The van der Waals surface area contributed by atoms with Crippen LogP contribution in [0, 0.1) is 5.92 Å². The molecule has 2 atom stereocenters. The highest BCUT2D eigenvalue weighted by Gasteiger charge is 2.28. The Hall–Kier alpha value is -3.37. The molecule has 3 aromatic heterocycles. The molecule has 3 heterocycles. The first kappa shape index (κ1) is 27.2. The number of alkyl halides is 2. The van der Waals surface area contributed by atoms with Gasteiger partial charge in [-0.25, -0.2) is 9.97 Å². The Morgan fingerprint density at radius 2 is 2.05 bits per heavy atom. The van der Waals surface area contributed by atoms with Gasteiger partial charge >= 0.3 is 0 Å². The van der Waals surface area contributed by atoms with Crippen molar-refractivity contribution in [2.24, 2.45) is 13.0 Å².